The second kappa shape index (κ2) is 6.83. The van der Waals surface area contributed by atoms with Gasteiger partial charge in [-0.2, -0.15) is 0 Å². The molecule has 5 nitrogen and oxygen atoms in total. The standard InChI is InChI=1S/C15H22N2O3/c1-19-15(7-8-20-11-15)10-17-14(18)13(16)9-12-5-3-2-4-6-12/h2-6,13H,7-11,16H2,1H3,(H,17,18)/t13-,15?/m1/s1. The van der Waals surface area contributed by atoms with E-state index in [0.29, 0.717) is 26.2 Å². The third-order valence-electron chi connectivity index (χ3n) is 3.72. The van der Waals surface area contributed by atoms with Crippen LogP contribution in [0, 0.1) is 0 Å². The number of hydrogen-bond acceptors (Lipinski definition) is 4. The van der Waals surface area contributed by atoms with Gasteiger partial charge in [-0.15, -0.1) is 0 Å². The molecule has 1 saturated heterocycles. The highest BCUT2D eigenvalue weighted by Gasteiger charge is 2.35. The van der Waals surface area contributed by atoms with Gasteiger partial charge in [0.25, 0.3) is 0 Å². The van der Waals surface area contributed by atoms with Crippen molar-refractivity contribution in [3.8, 4) is 0 Å². The van der Waals surface area contributed by atoms with Gasteiger partial charge < -0.3 is 20.5 Å². The van der Waals surface area contributed by atoms with Crippen molar-refractivity contribution < 1.29 is 14.3 Å². The monoisotopic (exact) mass is 278 g/mol. The molecule has 0 saturated carbocycles. The Morgan fingerprint density at radius 3 is 2.85 bits per heavy atom. The van der Waals surface area contributed by atoms with Gasteiger partial charge in [-0.05, 0) is 12.0 Å². The van der Waals surface area contributed by atoms with E-state index in [1.807, 2.05) is 30.3 Å². The molecule has 1 aliphatic rings. The first-order valence-electron chi connectivity index (χ1n) is 6.85. The van der Waals surface area contributed by atoms with Crippen LogP contribution in [-0.2, 0) is 20.7 Å². The summed E-state index contributed by atoms with van der Waals surface area (Å²) in [6.45, 7) is 1.61. The molecule has 0 bridgehead atoms. The Balaban J connectivity index is 1.82. The molecule has 0 spiro atoms. The first-order valence-corrected chi connectivity index (χ1v) is 6.85. The first kappa shape index (κ1) is 15.0. The molecule has 2 rings (SSSR count). The van der Waals surface area contributed by atoms with Crippen molar-refractivity contribution in [3.63, 3.8) is 0 Å². The highest BCUT2D eigenvalue weighted by atomic mass is 16.5. The van der Waals surface area contributed by atoms with Gasteiger partial charge in [0, 0.05) is 26.7 Å². The molecule has 1 heterocycles. The maximum Gasteiger partial charge on any atom is 0.237 e. The maximum atomic E-state index is 12.0. The molecule has 1 fully saturated rings. The summed E-state index contributed by atoms with van der Waals surface area (Å²) in [4.78, 5) is 12.0. The van der Waals surface area contributed by atoms with Crippen molar-refractivity contribution in [3.05, 3.63) is 35.9 Å². The lowest BCUT2D eigenvalue weighted by Gasteiger charge is -2.26. The third-order valence-corrected chi connectivity index (χ3v) is 3.72. The number of rotatable bonds is 6. The van der Waals surface area contributed by atoms with Crippen molar-refractivity contribution in [2.45, 2.75) is 24.5 Å². The lowest BCUT2D eigenvalue weighted by atomic mass is 10.0. The average molecular weight is 278 g/mol. The second-order valence-electron chi connectivity index (χ2n) is 5.20. The van der Waals surface area contributed by atoms with E-state index in [4.69, 9.17) is 15.2 Å². The summed E-state index contributed by atoms with van der Waals surface area (Å²) in [7, 11) is 1.64. The van der Waals surface area contributed by atoms with Gasteiger partial charge in [0.15, 0.2) is 0 Å². The molecular formula is C15H22N2O3. The number of nitrogens with two attached hydrogens (primary N) is 1. The summed E-state index contributed by atoms with van der Waals surface area (Å²) < 4.78 is 10.8. The van der Waals surface area contributed by atoms with Crippen molar-refractivity contribution in [1.82, 2.24) is 5.32 Å². The minimum Gasteiger partial charge on any atom is -0.378 e. The zero-order valence-electron chi connectivity index (χ0n) is 11.8. The minimum atomic E-state index is -0.548. The highest BCUT2D eigenvalue weighted by molar-refractivity contribution is 5.81. The van der Waals surface area contributed by atoms with Gasteiger partial charge in [-0.25, -0.2) is 0 Å². The number of carbonyl (C=O) groups is 1. The van der Waals surface area contributed by atoms with Crippen molar-refractivity contribution >= 4 is 5.91 Å². The lowest BCUT2D eigenvalue weighted by Crippen LogP contribution is -2.50. The van der Waals surface area contributed by atoms with Gasteiger partial charge >= 0.3 is 0 Å². The van der Waals surface area contributed by atoms with Crippen LogP contribution >= 0.6 is 0 Å². The summed E-state index contributed by atoms with van der Waals surface area (Å²) in [5, 5.41) is 2.87. The number of ether oxygens (including phenoxy) is 2. The lowest BCUT2D eigenvalue weighted by molar-refractivity contribution is -0.124. The normalized spacial score (nSPS) is 23.5. The topological polar surface area (TPSA) is 73.6 Å². The van der Waals surface area contributed by atoms with E-state index in [-0.39, 0.29) is 5.91 Å². The molecule has 20 heavy (non-hydrogen) atoms. The summed E-state index contributed by atoms with van der Waals surface area (Å²) in [5.41, 5.74) is 6.59. The third kappa shape index (κ3) is 3.79. The van der Waals surface area contributed by atoms with E-state index >= 15 is 0 Å². The van der Waals surface area contributed by atoms with Crippen LogP contribution in [-0.4, -0.2) is 44.4 Å². The molecule has 1 unspecified atom stereocenters. The number of methoxy groups -OCH3 is 1. The molecule has 0 radical (unpaired) electrons. The molecule has 0 aliphatic carbocycles. The van der Waals surface area contributed by atoms with Gasteiger partial charge in [0.1, 0.15) is 5.60 Å². The summed E-state index contributed by atoms with van der Waals surface area (Å²) in [5.74, 6) is -0.155. The van der Waals surface area contributed by atoms with E-state index in [1.165, 1.54) is 0 Å². The minimum absolute atomic E-state index is 0.155. The zero-order chi connectivity index (χ0) is 14.4. The van der Waals surface area contributed by atoms with Crippen molar-refractivity contribution in [2.24, 2.45) is 5.73 Å². The van der Waals surface area contributed by atoms with E-state index in [0.717, 1.165) is 12.0 Å². The summed E-state index contributed by atoms with van der Waals surface area (Å²) >= 11 is 0. The van der Waals surface area contributed by atoms with Gasteiger partial charge in [0.05, 0.1) is 12.6 Å². The van der Waals surface area contributed by atoms with Crippen LogP contribution in [0.15, 0.2) is 30.3 Å². The van der Waals surface area contributed by atoms with Crippen LogP contribution in [0.5, 0.6) is 0 Å². The fourth-order valence-corrected chi connectivity index (χ4v) is 2.30. The Kier molecular flexibility index (Phi) is 5.11. The number of benzene rings is 1. The molecule has 1 amide bonds. The number of amides is 1. The molecule has 110 valence electrons. The predicted octanol–water partition coefficient (Wildman–Crippen LogP) is 0.478. The largest absolute Gasteiger partial charge is 0.378 e. The Bertz CT molecular complexity index is 430. The van der Waals surface area contributed by atoms with Crippen LogP contribution in [0.2, 0.25) is 0 Å². The zero-order valence-corrected chi connectivity index (χ0v) is 11.8. The summed E-state index contributed by atoms with van der Waals surface area (Å²) in [6.07, 6.45) is 1.32. The van der Waals surface area contributed by atoms with Crippen molar-refractivity contribution in [1.29, 1.82) is 0 Å². The van der Waals surface area contributed by atoms with Crippen LogP contribution in [0.3, 0.4) is 0 Å². The quantitative estimate of drug-likeness (QED) is 0.793. The molecule has 1 aromatic carbocycles. The Labute approximate surface area is 119 Å². The summed E-state index contributed by atoms with van der Waals surface area (Å²) in [6, 6.07) is 9.21. The van der Waals surface area contributed by atoms with E-state index in [9.17, 15) is 4.79 Å². The first-order chi connectivity index (χ1) is 9.65. The smallest absolute Gasteiger partial charge is 0.237 e. The average Bonchev–Trinajstić information content (AvgIpc) is 2.95. The van der Waals surface area contributed by atoms with Crippen molar-refractivity contribution in [2.75, 3.05) is 26.9 Å². The molecule has 1 aromatic rings. The number of nitrogens with one attached hydrogen (secondary N) is 1. The SMILES string of the molecule is COC1(CNC(=O)[C@H](N)Cc2ccccc2)CCOC1. The van der Waals surface area contributed by atoms with Crippen LogP contribution in [0.1, 0.15) is 12.0 Å². The van der Waals surface area contributed by atoms with Gasteiger partial charge in [0.2, 0.25) is 5.91 Å². The predicted molar refractivity (Wildman–Crippen MR) is 76.3 cm³/mol. The molecule has 3 N–H and O–H groups in total. The Hall–Kier alpha value is -1.43. The van der Waals surface area contributed by atoms with Gasteiger partial charge in [-0.3, -0.25) is 4.79 Å². The fourth-order valence-electron chi connectivity index (χ4n) is 2.30. The highest BCUT2D eigenvalue weighted by Crippen LogP contribution is 2.21. The number of hydrogen-bond donors (Lipinski definition) is 2. The van der Waals surface area contributed by atoms with E-state index < -0.39 is 11.6 Å². The molecule has 1 aliphatic heterocycles. The number of carbonyl (C=O) groups excluding carboxylic acids is 1. The second-order valence-corrected chi connectivity index (χ2v) is 5.20. The molecular weight excluding hydrogens is 256 g/mol. The fraction of sp³-hybridized carbons (Fsp3) is 0.533. The Morgan fingerprint density at radius 2 is 2.25 bits per heavy atom. The Morgan fingerprint density at radius 1 is 1.50 bits per heavy atom. The van der Waals surface area contributed by atoms with E-state index in [1.54, 1.807) is 7.11 Å². The molecule has 5 heteroatoms. The van der Waals surface area contributed by atoms with Crippen LogP contribution < -0.4 is 11.1 Å². The van der Waals surface area contributed by atoms with Crippen LogP contribution in [0.25, 0.3) is 0 Å². The van der Waals surface area contributed by atoms with Gasteiger partial charge in [-0.1, -0.05) is 30.3 Å². The molecule has 2 atom stereocenters. The van der Waals surface area contributed by atoms with Crippen LogP contribution in [0.4, 0.5) is 0 Å². The van der Waals surface area contributed by atoms with E-state index in [2.05, 4.69) is 5.32 Å². The maximum absolute atomic E-state index is 12.0. The molecule has 0 aromatic heterocycles.